The maximum Gasteiger partial charge on any atom is 0.0412 e. The standard InChI is InChI=1S/C26H51N2O2/c1-17(2)23-13-21(14-24(18(3)4)27(23)29)12-10-11-20(7)22-15-25(19(5)6)28(30)26(8,9)16-22/h17-25,30H,10-16H2,1-9H3. The second-order valence-corrected chi connectivity index (χ2v) is 12.4. The molecule has 0 amide bonds. The molecule has 1 N–H and O–H groups in total. The Hall–Kier alpha value is -0.160. The Morgan fingerprint density at radius 3 is 1.83 bits per heavy atom. The zero-order valence-corrected chi connectivity index (χ0v) is 21.4. The Kier molecular flexibility index (Phi) is 9.25. The quantitative estimate of drug-likeness (QED) is 0.467. The first kappa shape index (κ1) is 26.1. The van der Waals surface area contributed by atoms with Gasteiger partial charge in [-0.3, -0.25) is 0 Å². The number of piperidine rings is 2. The molecular formula is C26H51N2O2. The molecule has 30 heavy (non-hydrogen) atoms. The minimum absolute atomic E-state index is 0.137. The molecule has 5 atom stereocenters. The van der Waals surface area contributed by atoms with Gasteiger partial charge in [0.25, 0.3) is 0 Å². The van der Waals surface area contributed by atoms with Crippen LogP contribution in [0.2, 0.25) is 0 Å². The zero-order valence-electron chi connectivity index (χ0n) is 21.4. The van der Waals surface area contributed by atoms with Crippen LogP contribution >= 0.6 is 0 Å². The van der Waals surface area contributed by atoms with Gasteiger partial charge in [-0.15, -0.1) is 10.3 Å². The summed E-state index contributed by atoms with van der Waals surface area (Å²) >= 11 is 0. The summed E-state index contributed by atoms with van der Waals surface area (Å²) in [5, 5.41) is 26.6. The highest BCUT2D eigenvalue weighted by atomic mass is 16.5. The SMILES string of the molecule is CC(C)C1CC(CCCC(C)C2CC(C(C)C)N(O)C(C)(C)C2)CC(C(C)C)N1[O]. The third-order valence-corrected chi connectivity index (χ3v) is 8.43. The van der Waals surface area contributed by atoms with E-state index in [0.717, 1.165) is 25.7 Å². The van der Waals surface area contributed by atoms with Crippen molar-refractivity contribution in [2.45, 2.75) is 131 Å². The molecule has 0 bridgehead atoms. The van der Waals surface area contributed by atoms with E-state index < -0.39 is 0 Å². The maximum absolute atomic E-state index is 12.8. The van der Waals surface area contributed by atoms with Crippen LogP contribution in [-0.4, -0.2) is 39.0 Å². The van der Waals surface area contributed by atoms with E-state index in [-0.39, 0.29) is 23.7 Å². The third-order valence-electron chi connectivity index (χ3n) is 8.43. The first-order valence-electron chi connectivity index (χ1n) is 12.8. The average molecular weight is 424 g/mol. The van der Waals surface area contributed by atoms with Gasteiger partial charge in [-0.05, 0) is 75.0 Å². The van der Waals surface area contributed by atoms with Crippen LogP contribution in [0.3, 0.4) is 0 Å². The summed E-state index contributed by atoms with van der Waals surface area (Å²) in [5.74, 6) is 3.42. The lowest BCUT2D eigenvalue weighted by Gasteiger charge is -2.49. The first-order chi connectivity index (χ1) is 13.8. The van der Waals surface area contributed by atoms with Crippen LogP contribution in [0.25, 0.3) is 0 Å². The van der Waals surface area contributed by atoms with Gasteiger partial charge in [0.05, 0.1) is 0 Å². The predicted molar refractivity (Wildman–Crippen MR) is 125 cm³/mol. The van der Waals surface area contributed by atoms with Crippen molar-refractivity contribution in [1.29, 1.82) is 0 Å². The van der Waals surface area contributed by atoms with E-state index in [2.05, 4.69) is 62.3 Å². The van der Waals surface area contributed by atoms with Crippen molar-refractivity contribution in [3.05, 3.63) is 0 Å². The first-order valence-corrected chi connectivity index (χ1v) is 12.8. The molecule has 4 nitrogen and oxygen atoms in total. The molecule has 4 heteroatoms. The minimum Gasteiger partial charge on any atom is -0.313 e. The minimum atomic E-state index is -0.137. The topological polar surface area (TPSA) is 46.6 Å². The smallest absolute Gasteiger partial charge is 0.0412 e. The van der Waals surface area contributed by atoms with Gasteiger partial charge in [0.15, 0.2) is 0 Å². The number of hydroxylamine groups is 4. The van der Waals surface area contributed by atoms with Gasteiger partial charge in [0.2, 0.25) is 0 Å². The van der Waals surface area contributed by atoms with Crippen LogP contribution in [0.4, 0.5) is 0 Å². The molecule has 2 aliphatic heterocycles. The fraction of sp³-hybridized carbons (Fsp3) is 1.00. The number of hydrogen-bond donors (Lipinski definition) is 1. The summed E-state index contributed by atoms with van der Waals surface area (Å²) < 4.78 is 0. The van der Waals surface area contributed by atoms with E-state index in [4.69, 9.17) is 0 Å². The number of nitrogens with zero attached hydrogens (tertiary/aromatic N) is 2. The largest absolute Gasteiger partial charge is 0.313 e. The van der Waals surface area contributed by atoms with Crippen molar-refractivity contribution in [1.82, 2.24) is 10.1 Å². The summed E-state index contributed by atoms with van der Waals surface area (Å²) in [6.07, 6.45) is 8.14. The van der Waals surface area contributed by atoms with Crippen molar-refractivity contribution >= 4 is 0 Å². The summed E-state index contributed by atoms with van der Waals surface area (Å²) in [6.45, 7) is 20.1. The van der Waals surface area contributed by atoms with Crippen LogP contribution < -0.4 is 0 Å². The second-order valence-electron chi connectivity index (χ2n) is 12.4. The zero-order chi connectivity index (χ0) is 22.8. The van der Waals surface area contributed by atoms with Crippen molar-refractivity contribution < 1.29 is 10.4 Å². The summed E-state index contributed by atoms with van der Waals surface area (Å²) in [7, 11) is 0. The maximum atomic E-state index is 12.8. The Labute approximate surface area is 187 Å². The molecule has 0 saturated carbocycles. The Morgan fingerprint density at radius 2 is 1.37 bits per heavy atom. The van der Waals surface area contributed by atoms with E-state index in [1.807, 2.05) is 0 Å². The predicted octanol–water partition coefficient (Wildman–Crippen LogP) is 6.80. The highest BCUT2D eigenvalue weighted by Gasteiger charge is 2.43. The van der Waals surface area contributed by atoms with Crippen LogP contribution in [0.1, 0.15) is 107 Å². The molecule has 2 heterocycles. The molecule has 1 radical (unpaired) electrons. The molecule has 2 fully saturated rings. The lowest BCUT2D eigenvalue weighted by Crippen LogP contribution is -2.56. The van der Waals surface area contributed by atoms with Crippen LogP contribution in [-0.2, 0) is 5.21 Å². The number of hydrogen-bond acceptors (Lipinski definition) is 3. The summed E-state index contributed by atoms with van der Waals surface area (Å²) in [6, 6.07) is 0.645. The van der Waals surface area contributed by atoms with Crippen molar-refractivity contribution in [2.24, 2.45) is 35.5 Å². The monoisotopic (exact) mass is 423 g/mol. The fourth-order valence-corrected chi connectivity index (χ4v) is 6.23. The highest BCUT2D eigenvalue weighted by Crippen LogP contribution is 2.42. The lowest BCUT2D eigenvalue weighted by atomic mass is 9.71. The van der Waals surface area contributed by atoms with Gasteiger partial charge in [-0.1, -0.05) is 67.7 Å². The van der Waals surface area contributed by atoms with E-state index in [0.29, 0.717) is 35.5 Å². The van der Waals surface area contributed by atoms with Gasteiger partial charge < -0.3 is 5.21 Å². The van der Waals surface area contributed by atoms with Gasteiger partial charge >= 0.3 is 0 Å². The number of rotatable bonds is 8. The van der Waals surface area contributed by atoms with Gasteiger partial charge in [-0.25, -0.2) is 0 Å². The Morgan fingerprint density at radius 1 is 0.867 bits per heavy atom. The van der Waals surface area contributed by atoms with Crippen LogP contribution in [0, 0.1) is 35.5 Å². The van der Waals surface area contributed by atoms with Crippen LogP contribution in [0.15, 0.2) is 0 Å². The van der Waals surface area contributed by atoms with Gasteiger partial charge in [0.1, 0.15) is 0 Å². The molecule has 2 aliphatic rings. The molecule has 0 spiro atoms. The van der Waals surface area contributed by atoms with Crippen molar-refractivity contribution in [3.8, 4) is 0 Å². The summed E-state index contributed by atoms with van der Waals surface area (Å²) in [4.78, 5) is 0. The fourth-order valence-electron chi connectivity index (χ4n) is 6.23. The molecule has 2 saturated heterocycles. The Balaban J connectivity index is 1.91. The molecule has 0 aliphatic carbocycles. The van der Waals surface area contributed by atoms with Crippen LogP contribution in [0.5, 0.6) is 0 Å². The molecule has 2 rings (SSSR count). The van der Waals surface area contributed by atoms with Gasteiger partial charge in [0, 0.05) is 23.7 Å². The van der Waals surface area contributed by atoms with E-state index in [9.17, 15) is 10.4 Å². The molecule has 177 valence electrons. The average Bonchev–Trinajstić information content (AvgIpc) is 2.63. The van der Waals surface area contributed by atoms with E-state index in [1.54, 1.807) is 5.06 Å². The van der Waals surface area contributed by atoms with Gasteiger partial charge in [-0.2, -0.15) is 5.06 Å². The molecule has 0 aromatic carbocycles. The molecule has 0 aromatic heterocycles. The Bertz CT molecular complexity index is 501. The second kappa shape index (κ2) is 10.6. The van der Waals surface area contributed by atoms with Crippen molar-refractivity contribution in [3.63, 3.8) is 0 Å². The highest BCUT2D eigenvalue weighted by molar-refractivity contribution is 4.93. The van der Waals surface area contributed by atoms with Crippen molar-refractivity contribution in [2.75, 3.05) is 0 Å². The molecular weight excluding hydrogens is 372 g/mol. The third kappa shape index (κ3) is 6.21. The lowest BCUT2D eigenvalue weighted by molar-refractivity contribution is -0.253. The molecule has 5 unspecified atom stereocenters. The molecule has 0 aromatic rings. The van der Waals surface area contributed by atoms with E-state index >= 15 is 0 Å². The summed E-state index contributed by atoms with van der Waals surface area (Å²) in [5.41, 5.74) is -0.137. The van der Waals surface area contributed by atoms with E-state index in [1.165, 1.54) is 24.3 Å². The normalized spacial score (nSPS) is 34.8.